The molecule has 3 aromatic rings. The molecule has 1 aliphatic rings. The number of thiophene rings is 1. The van der Waals surface area contributed by atoms with Crippen molar-refractivity contribution in [3.63, 3.8) is 0 Å². The van der Waals surface area contributed by atoms with E-state index in [2.05, 4.69) is 27.9 Å². The second-order valence-electron chi connectivity index (χ2n) is 6.02. The molecule has 0 saturated heterocycles. The van der Waals surface area contributed by atoms with Gasteiger partial charge in [-0.15, -0.1) is 0 Å². The van der Waals surface area contributed by atoms with Crippen molar-refractivity contribution in [2.45, 2.75) is 18.3 Å². The zero-order valence-electron chi connectivity index (χ0n) is 12.6. The Kier molecular flexibility index (Phi) is 3.80. The molecular weight excluding hydrogens is 302 g/mol. The molecular formula is C20H17NOS. The van der Waals surface area contributed by atoms with Crippen LogP contribution in [0.3, 0.4) is 0 Å². The van der Waals surface area contributed by atoms with E-state index in [1.54, 1.807) is 11.3 Å². The highest BCUT2D eigenvalue weighted by molar-refractivity contribution is 7.08. The van der Waals surface area contributed by atoms with Gasteiger partial charge in [-0.1, -0.05) is 36.4 Å². The smallest absolute Gasteiger partial charge is 0.166 e. The summed E-state index contributed by atoms with van der Waals surface area (Å²) in [5.41, 5.74) is 3.18. The number of Topliss-reactive ketones (excluding diaryl/α,β-unsaturated/α-hetero) is 1. The average Bonchev–Trinajstić information content (AvgIpc) is 3.09. The van der Waals surface area contributed by atoms with Crippen molar-refractivity contribution in [3.05, 3.63) is 88.4 Å². The van der Waals surface area contributed by atoms with Gasteiger partial charge in [-0.25, -0.2) is 0 Å². The number of hydrogen-bond donors (Lipinski definition) is 0. The van der Waals surface area contributed by atoms with E-state index < -0.39 is 0 Å². The van der Waals surface area contributed by atoms with E-state index in [-0.39, 0.29) is 17.6 Å². The molecule has 0 N–H and O–H groups in total. The molecule has 0 radical (unpaired) electrons. The third kappa shape index (κ3) is 2.62. The number of benzene rings is 1. The highest BCUT2D eigenvalue weighted by Crippen LogP contribution is 2.54. The fraction of sp³-hybridized carbons (Fsp3) is 0.200. The summed E-state index contributed by atoms with van der Waals surface area (Å²) in [5, 5.41) is 4.26. The van der Waals surface area contributed by atoms with Crippen LogP contribution in [-0.2, 0) is 0 Å². The van der Waals surface area contributed by atoms with Crippen LogP contribution >= 0.6 is 11.3 Å². The Bertz CT molecular complexity index is 783. The van der Waals surface area contributed by atoms with Crippen molar-refractivity contribution >= 4 is 17.1 Å². The van der Waals surface area contributed by atoms with Gasteiger partial charge in [0.25, 0.3) is 0 Å². The molecule has 0 aliphatic heterocycles. The van der Waals surface area contributed by atoms with E-state index in [0.717, 1.165) is 17.7 Å². The fourth-order valence-electron chi connectivity index (χ4n) is 3.57. The zero-order valence-corrected chi connectivity index (χ0v) is 13.4. The maximum atomic E-state index is 12.9. The summed E-state index contributed by atoms with van der Waals surface area (Å²) >= 11 is 1.69. The standard InChI is InChI=1S/C20H17NOS/c22-20(14-6-2-1-3-7-14)17-12-16(18-8-4-5-10-21-18)19(17)15-9-11-23-13-15/h1-11,13,16-17,19H,12H2/t16-,17+,19+/m0/s1. The van der Waals surface area contributed by atoms with Crippen molar-refractivity contribution in [1.82, 2.24) is 4.98 Å². The van der Waals surface area contributed by atoms with E-state index in [1.165, 1.54) is 5.56 Å². The van der Waals surface area contributed by atoms with Crippen molar-refractivity contribution in [2.75, 3.05) is 0 Å². The Balaban J connectivity index is 1.65. The van der Waals surface area contributed by atoms with Crippen molar-refractivity contribution < 1.29 is 4.79 Å². The number of nitrogens with zero attached hydrogens (tertiary/aromatic N) is 1. The van der Waals surface area contributed by atoms with Crippen LogP contribution in [0.4, 0.5) is 0 Å². The maximum Gasteiger partial charge on any atom is 0.166 e. The number of pyridine rings is 1. The number of hydrogen-bond acceptors (Lipinski definition) is 3. The molecule has 0 unspecified atom stereocenters. The molecule has 1 aliphatic carbocycles. The summed E-state index contributed by atoms with van der Waals surface area (Å²) < 4.78 is 0. The molecule has 2 heterocycles. The molecule has 0 bridgehead atoms. The minimum atomic E-state index is 0.0546. The topological polar surface area (TPSA) is 30.0 Å². The molecule has 0 amide bonds. The van der Waals surface area contributed by atoms with Crippen LogP contribution in [0.1, 0.15) is 39.9 Å². The average molecular weight is 319 g/mol. The summed E-state index contributed by atoms with van der Waals surface area (Å²) in [6, 6.07) is 17.8. The summed E-state index contributed by atoms with van der Waals surface area (Å²) in [6.07, 6.45) is 2.72. The molecule has 1 fully saturated rings. The second-order valence-corrected chi connectivity index (χ2v) is 6.80. The van der Waals surface area contributed by atoms with Gasteiger partial charge in [0.05, 0.1) is 0 Å². The number of carbonyl (C=O) groups excluding carboxylic acids is 1. The molecule has 2 nitrogen and oxygen atoms in total. The molecule has 1 aromatic carbocycles. The van der Waals surface area contributed by atoms with Crippen LogP contribution in [0.15, 0.2) is 71.6 Å². The minimum absolute atomic E-state index is 0.0546. The lowest BCUT2D eigenvalue weighted by atomic mass is 9.59. The van der Waals surface area contributed by atoms with Crippen LogP contribution in [0.25, 0.3) is 0 Å². The number of carbonyl (C=O) groups is 1. The molecule has 2 aromatic heterocycles. The van der Waals surface area contributed by atoms with Gasteiger partial charge in [0, 0.05) is 35.2 Å². The molecule has 23 heavy (non-hydrogen) atoms. The quantitative estimate of drug-likeness (QED) is 0.639. The van der Waals surface area contributed by atoms with E-state index >= 15 is 0 Å². The lowest BCUT2D eigenvalue weighted by molar-refractivity contribution is 0.0778. The Hall–Kier alpha value is -2.26. The Morgan fingerprint density at radius 1 is 1.04 bits per heavy atom. The zero-order chi connectivity index (χ0) is 15.6. The predicted molar refractivity (Wildman–Crippen MR) is 92.9 cm³/mol. The van der Waals surface area contributed by atoms with E-state index in [1.807, 2.05) is 48.7 Å². The number of rotatable bonds is 4. The molecule has 3 heteroatoms. The lowest BCUT2D eigenvalue weighted by Gasteiger charge is -2.43. The largest absolute Gasteiger partial charge is 0.294 e. The number of aromatic nitrogens is 1. The predicted octanol–water partition coefficient (Wildman–Crippen LogP) is 4.91. The van der Waals surface area contributed by atoms with Crippen molar-refractivity contribution in [1.29, 1.82) is 0 Å². The SMILES string of the molecule is O=C(c1ccccc1)[C@@H]1C[C@@H](c2ccccn2)[C@H]1c1ccsc1. The van der Waals surface area contributed by atoms with Gasteiger partial charge in [-0.3, -0.25) is 9.78 Å². The highest BCUT2D eigenvalue weighted by atomic mass is 32.1. The summed E-state index contributed by atoms with van der Waals surface area (Å²) in [6.45, 7) is 0. The molecule has 0 spiro atoms. The molecule has 1 saturated carbocycles. The summed E-state index contributed by atoms with van der Waals surface area (Å²) in [5.74, 6) is 0.889. The lowest BCUT2D eigenvalue weighted by Crippen LogP contribution is -2.38. The van der Waals surface area contributed by atoms with Crippen molar-refractivity contribution in [2.24, 2.45) is 5.92 Å². The molecule has 114 valence electrons. The second kappa shape index (κ2) is 6.09. The Morgan fingerprint density at radius 2 is 1.87 bits per heavy atom. The van der Waals surface area contributed by atoms with Crippen LogP contribution in [0, 0.1) is 5.92 Å². The van der Waals surface area contributed by atoms with Gasteiger partial charge in [0.2, 0.25) is 0 Å². The van der Waals surface area contributed by atoms with Gasteiger partial charge in [-0.2, -0.15) is 11.3 Å². The van der Waals surface area contributed by atoms with E-state index in [9.17, 15) is 4.79 Å². The first-order chi connectivity index (χ1) is 11.3. The Morgan fingerprint density at radius 3 is 2.57 bits per heavy atom. The van der Waals surface area contributed by atoms with Gasteiger partial charge in [0.1, 0.15) is 0 Å². The molecule has 4 rings (SSSR count). The first kappa shape index (κ1) is 14.3. The normalized spacial score (nSPS) is 23.2. The first-order valence-corrected chi connectivity index (χ1v) is 8.81. The third-order valence-electron chi connectivity index (χ3n) is 4.77. The fourth-order valence-corrected chi connectivity index (χ4v) is 4.27. The highest BCUT2D eigenvalue weighted by Gasteiger charge is 2.47. The monoisotopic (exact) mass is 319 g/mol. The Labute approximate surface area is 139 Å². The van der Waals surface area contributed by atoms with Crippen LogP contribution in [0.2, 0.25) is 0 Å². The van der Waals surface area contributed by atoms with Crippen LogP contribution < -0.4 is 0 Å². The number of ketones is 1. The molecule has 3 atom stereocenters. The van der Waals surface area contributed by atoms with E-state index in [4.69, 9.17) is 0 Å². The van der Waals surface area contributed by atoms with Gasteiger partial charge in [0.15, 0.2) is 5.78 Å². The maximum absolute atomic E-state index is 12.9. The van der Waals surface area contributed by atoms with Gasteiger partial charge in [-0.05, 0) is 40.9 Å². The van der Waals surface area contributed by atoms with Gasteiger partial charge >= 0.3 is 0 Å². The third-order valence-corrected chi connectivity index (χ3v) is 5.47. The summed E-state index contributed by atoms with van der Waals surface area (Å²) in [4.78, 5) is 17.4. The summed E-state index contributed by atoms with van der Waals surface area (Å²) in [7, 11) is 0. The first-order valence-electron chi connectivity index (χ1n) is 7.87. The van der Waals surface area contributed by atoms with Crippen molar-refractivity contribution in [3.8, 4) is 0 Å². The van der Waals surface area contributed by atoms with Crippen LogP contribution in [-0.4, -0.2) is 10.8 Å². The van der Waals surface area contributed by atoms with E-state index in [0.29, 0.717) is 5.92 Å². The van der Waals surface area contributed by atoms with Gasteiger partial charge < -0.3 is 0 Å². The van der Waals surface area contributed by atoms with Crippen LogP contribution in [0.5, 0.6) is 0 Å². The minimum Gasteiger partial charge on any atom is -0.294 e.